The average Bonchev–Trinajstić information content (AvgIpc) is 2.79. The highest BCUT2D eigenvalue weighted by Gasteiger charge is 2.31. The maximum Gasteiger partial charge on any atom is 0.278 e. The van der Waals surface area contributed by atoms with Crippen molar-refractivity contribution in [1.29, 1.82) is 0 Å². The van der Waals surface area contributed by atoms with E-state index in [0.29, 0.717) is 21.7 Å². The molecule has 0 heterocycles. The fourth-order valence-corrected chi connectivity index (χ4v) is 4.38. The van der Waals surface area contributed by atoms with Crippen LogP contribution in [-0.4, -0.2) is 32.5 Å². The van der Waals surface area contributed by atoms with E-state index in [9.17, 15) is 23.3 Å². The van der Waals surface area contributed by atoms with Gasteiger partial charge in [-0.2, -0.15) is 4.31 Å². The summed E-state index contributed by atoms with van der Waals surface area (Å²) in [6.07, 6.45) is 0. The summed E-state index contributed by atoms with van der Waals surface area (Å²) < 4.78 is 38.1. The smallest absolute Gasteiger partial charge is 0.278 e. The Hall–Kier alpha value is -3.63. The minimum atomic E-state index is -4.30. The number of hydrogen-bond acceptors (Lipinski definition) is 7. The number of amides is 1. The summed E-state index contributed by atoms with van der Waals surface area (Å²) >= 11 is 5.86. The molecular formula is C22H19ClN2O7S. The number of nitro benzene ring substituents is 1. The molecule has 0 aliphatic heterocycles. The van der Waals surface area contributed by atoms with E-state index in [1.54, 1.807) is 12.1 Å². The van der Waals surface area contributed by atoms with E-state index in [1.807, 2.05) is 6.92 Å². The van der Waals surface area contributed by atoms with Gasteiger partial charge in [0.2, 0.25) is 0 Å². The molecule has 1 amide bonds. The first-order valence-corrected chi connectivity index (χ1v) is 11.5. The molecule has 172 valence electrons. The summed E-state index contributed by atoms with van der Waals surface area (Å²) in [7, 11) is -4.30. The van der Waals surface area contributed by atoms with Gasteiger partial charge in [-0.05, 0) is 67.6 Å². The fraction of sp³-hybridized carbons (Fsp3) is 0.136. The van der Waals surface area contributed by atoms with E-state index in [1.165, 1.54) is 60.7 Å². The molecule has 0 fully saturated rings. The third kappa shape index (κ3) is 5.79. The van der Waals surface area contributed by atoms with Gasteiger partial charge >= 0.3 is 0 Å². The number of benzene rings is 3. The molecule has 3 aromatic rings. The topological polar surface area (TPSA) is 116 Å². The number of sulfonamides is 1. The van der Waals surface area contributed by atoms with Crippen LogP contribution in [0.2, 0.25) is 5.02 Å². The molecule has 0 unspecified atom stereocenters. The van der Waals surface area contributed by atoms with Crippen molar-refractivity contribution < 1.29 is 27.6 Å². The van der Waals surface area contributed by atoms with Crippen molar-refractivity contribution in [2.45, 2.75) is 11.8 Å². The molecule has 0 radical (unpaired) electrons. The van der Waals surface area contributed by atoms with Gasteiger partial charge in [-0.15, -0.1) is 0 Å². The zero-order valence-electron chi connectivity index (χ0n) is 17.4. The van der Waals surface area contributed by atoms with Crippen molar-refractivity contribution >= 4 is 38.9 Å². The number of anilines is 1. The molecular weight excluding hydrogens is 472 g/mol. The summed E-state index contributed by atoms with van der Waals surface area (Å²) in [5, 5.41) is 11.1. The molecule has 0 bridgehead atoms. The van der Waals surface area contributed by atoms with E-state index < -0.39 is 27.5 Å². The Labute approximate surface area is 195 Å². The van der Waals surface area contributed by atoms with Crippen LogP contribution in [0.1, 0.15) is 6.92 Å². The number of halogens is 1. The number of rotatable bonds is 9. The zero-order valence-corrected chi connectivity index (χ0v) is 19.0. The zero-order chi connectivity index (χ0) is 24.0. The molecule has 0 atom stereocenters. The lowest BCUT2D eigenvalue weighted by atomic mass is 10.3. The predicted octanol–water partition coefficient (Wildman–Crippen LogP) is 4.45. The number of carbonyl (C=O) groups excluding carboxylic acids is 1. The first-order chi connectivity index (χ1) is 15.7. The lowest BCUT2D eigenvalue weighted by Gasteiger charge is -2.23. The number of carbonyl (C=O) groups is 1. The van der Waals surface area contributed by atoms with Crippen LogP contribution in [0.3, 0.4) is 0 Å². The highest BCUT2D eigenvalue weighted by atomic mass is 35.5. The molecule has 9 nitrogen and oxygen atoms in total. The van der Waals surface area contributed by atoms with Crippen molar-refractivity contribution in [3.05, 3.63) is 87.9 Å². The normalized spacial score (nSPS) is 11.0. The van der Waals surface area contributed by atoms with Gasteiger partial charge in [-0.1, -0.05) is 11.6 Å². The Morgan fingerprint density at radius 3 is 2.03 bits per heavy atom. The van der Waals surface area contributed by atoms with Crippen molar-refractivity contribution in [3.8, 4) is 11.5 Å². The van der Waals surface area contributed by atoms with Gasteiger partial charge in [0.15, 0.2) is 6.61 Å². The van der Waals surface area contributed by atoms with Crippen molar-refractivity contribution in [1.82, 2.24) is 0 Å². The molecule has 0 saturated carbocycles. The molecule has 0 aliphatic carbocycles. The third-order valence-electron chi connectivity index (χ3n) is 4.37. The quantitative estimate of drug-likeness (QED) is 0.321. The van der Waals surface area contributed by atoms with E-state index in [-0.39, 0.29) is 22.0 Å². The molecule has 11 heteroatoms. The van der Waals surface area contributed by atoms with Gasteiger partial charge in [0.1, 0.15) is 11.5 Å². The number of nitro groups is 1. The van der Waals surface area contributed by atoms with Crippen LogP contribution in [0.15, 0.2) is 77.7 Å². The van der Waals surface area contributed by atoms with E-state index in [2.05, 4.69) is 0 Å². The Balaban J connectivity index is 1.90. The second-order valence-electron chi connectivity index (χ2n) is 6.58. The van der Waals surface area contributed by atoms with Crippen LogP contribution in [-0.2, 0) is 14.8 Å². The summed E-state index contributed by atoms with van der Waals surface area (Å²) in [4.78, 5) is 23.1. The van der Waals surface area contributed by atoms with Gasteiger partial charge < -0.3 is 9.47 Å². The molecule has 3 aromatic carbocycles. The molecule has 0 saturated heterocycles. The van der Waals surface area contributed by atoms with Gasteiger partial charge in [-0.25, -0.2) is 8.42 Å². The number of non-ortho nitro benzene ring substituents is 1. The second-order valence-corrected chi connectivity index (χ2v) is 8.81. The summed E-state index contributed by atoms with van der Waals surface area (Å²) in [6.45, 7) is 1.61. The van der Waals surface area contributed by atoms with Gasteiger partial charge in [0.05, 0.1) is 22.1 Å². The van der Waals surface area contributed by atoms with Gasteiger partial charge in [0, 0.05) is 17.2 Å². The van der Waals surface area contributed by atoms with Gasteiger partial charge in [-0.3, -0.25) is 14.9 Å². The standard InChI is InChI=1S/C22H19ClN2O7S/c1-2-31-19-9-5-17(6-10-19)24(33(29,30)21-13-3-16(23)4-14-21)22(26)15-32-20-11-7-18(8-12-20)25(27)28/h3-14H,2,15H2,1H3. The number of hydrogen-bond donors (Lipinski definition) is 0. The maximum absolute atomic E-state index is 13.3. The largest absolute Gasteiger partial charge is 0.494 e. The average molecular weight is 491 g/mol. The summed E-state index contributed by atoms with van der Waals surface area (Å²) in [5.41, 5.74) is -0.0549. The highest BCUT2D eigenvalue weighted by Crippen LogP contribution is 2.27. The highest BCUT2D eigenvalue weighted by molar-refractivity contribution is 7.93. The first kappa shape index (κ1) is 24.0. The van der Waals surface area contributed by atoms with Crippen molar-refractivity contribution in [2.75, 3.05) is 17.5 Å². The molecule has 0 N–H and O–H groups in total. The predicted molar refractivity (Wildman–Crippen MR) is 122 cm³/mol. The minimum absolute atomic E-state index is 0.0886. The molecule has 0 aromatic heterocycles. The van der Waals surface area contributed by atoms with Gasteiger partial charge in [0.25, 0.3) is 21.6 Å². The fourth-order valence-electron chi connectivity index (χ4n) is 2.84. The second kappa shape index (κ2) is 10.3. The molecule has 0 spiro atoms. The Morgan fingerprint density at radius 1 is 0.939 bits per heavy atom. The Kier molecular flexibility index (Phi) is 7.52. The van der Waals surface area contributed by atoms with Crippen LogP contribution in [0.25, 0.3) is 0 Å². The Bertz CT molecular complexity index is 1230. The molecule has 33 heavy (non-hydrogen) atoms. The Morgan fingerprint density at radius 2 is 1.48 bits per heavy atom. The maximum atomic E-state index is 13.3. The lowest BCUT2D eigenvalue weighted by Crippen LogP contribution is -2.40. The number of ether oxygens (including phenoxy) is 2. The van der Waals surface area contributed by atoms with E-state index in [4.69, 9.17) is 21.1 Å². The van der Waals surface area contributed by atoms with E-state index in [0.717, 1.165) is 0 Å². The van der Waals surface area contributed by atoms with E-state index >= 15 is 0 Å². The summed E-state index contributed by atoms with van der Waals surface area (Å²) in [6, 6.07) is 16.5. The molecule has 0 aliphatic rings. The summed E-state index contributed by atoms with van der Waals surface area (Å²) in [5.74, 6) is -0.184. The lowest BCUT2D eigenvalue weighted by molar-refractivity contribution is -0.384. The SMILES string of the molecule is CCOc1ccc(N(C(=O)COc2ccc([N+](=O)[O-])cc2)S(=O)(=O)c2ccc(Cl)cc2)cc1. The molecule has 3 rings (SSSR count). The first-order valence-electron chi connectivity index (χ1n) is 9.66. The van der Waals surface area contributed by atoms with Crippen LogP contribution < -0.4 is 13.8 Å². The van der Waals surface area contributed by atoms with Crippen LogP contribution in [0.5, 0.6) is 11.5 Å². The van der Waals surface area contributed by atoms with Crippen molar-refractivity contribution in [2.24, 2.45) is 0 Å². The minimum Gasteiger partial charge on any atom is -0.494 e. The van der Waals surface area contributed by atoms with Crippen LogP contribution in [0, 0.1) is 10.1 Å². The number of nitrogens with zero attached hydrogens (tertiary/aromatic N) is 2. The van der Waals surface area contributed by atoms with Crippen LogP contribution in [0.4, 0.5) is 11.4 Å². The van der Waals surface area contributed by atoms with Crippen molar-refractivity contribution in [3.63, 3.8) is 0 Å². The third-order valence-corrected chi connectivity index (χ3v) is 6.39. The monoisotopic (exact) mass is 490 g/mol. The van der Waals surface area contributed by atoms with Crippen LogP contribution >= 0.6 is 11.6 Å².